The van der Waals surface area contributed by atoms with Crippen LogP contribution in [0, 0.1) is 11.8 Å². The van der Waals surface area contributed by atoms with Gasteiger partial charge in [0.25, 0.3) is 0 Å². The molecule has 0 radical (unpaired) electrons. The number of unbranched alkanes of at least 4 members (excludes halogenated alkanes) is 1. The number of benzene rings is 1. The molecule has 1 aromatic carbocycles. The minimum Gasteiger partial charge on any atom is -0.481 e. The maximum Gasteiger partial charge on any atom is 0.303 e. The van der Waals surface area contributed by atoms with Crippen LogP contribution in [-0.4, -0.2) is 43.3 Å². The molecule has 0 aliphatic heterocycles. The van der Waals surface area contributed by atoms with Gasteiger partial charge < -0.3 is 19.4 Å². The first-order valence-electron chi connectivity index (χ1n) is 13.4. The van der Waals surface area contributed by atoms with Crippen molar-refractivity contribution in [3.05, 3.63) is 48.0 Å². The number of allylic oxidation sites excluding steroid dienone is 2. The lowest BCUT2D eigenvalue weighted by atomic mass is 9.91. The summed E-state index contributed by atoms with van der Waals surface area (Å²) in [4.78, 5) is 10.7. The van der Waals surface area contributed by atoms with Crippen molar-refractivity contribution in [2.45, 2.75) is 109 Å². The zero-order valence-electron chi connectivity index (χ0n) is 22.7. The topological polar surface area (TPSA) is 76.0 Å². The van der Waals surface area contributed by atoms with Crippen molar-refractivity contribution in [3.8, 4) is 0 Å². The zero-order chi connectivity index (χ0) is 26.0. The fraction of sp³-hybridized carbons (Fsp3) is 0.690. The number of carboxylic acids is 1. The van der Waals surface area contributed by atoms with Crippen molar-refractivity contribution < 1.29 is 24.2 Å². The van der Waals surface area contributed by atoms with Crippen LogP contribution in [0.15, 0.2) is 42.5 Å². The highest BCUT2D eigenvalue weighted by atomic mass is 28.4. The maximum atomic E-state index is 11.0. The average molecular weight is 505 g/mol. The lowest BCUT2D eigenvalue weighted by Gasteiger charge is -2.43. The molecular weight excluding hydrogens is 456 g/mol. The summed E-state index contributed by atoms with van der Waals surface area (Å²) in [5.41, 5.74) is 2.65. The molecule has 5 nitrogen and oxygen atoms in total. The van der Waals surface area contributed by atoms with Gasteiger partial charge in [0.05, 0.1) is 18.8 Å². The summed E-state index contributed by atoms with van der Waals surface area (Å²) in [5.74, 6) is -0.557. The Balaban J connectivity index is 2.15. The maximum absolute atomic E-state index is 11.0. The van der Waals surface area contributed by atoms with E-state index in [0.717, 1.165) is 18.4 Å². The van der Waals surface area contributed by atoms with E-state index in [1.165, 1.54) is 0 Å². The number of aliphatic hydroxyl groups is 1. The van der Waals surface area contributed by atoms with Crippen LogP contribution in [0.25, 0.3) is 0 Å². The van der Waals surface area contributed by atoms with Crippen molar-refractivity contribution in [2.75, 3.05) is 6.61 Å². The summed E-state index contributed by atoms with van der Waals surface area (Å²) in [6, 6.07) is 10.2. The van der Waals surface area contributed by atoms with E-state index in [9.17, 15) is 9.90 Å². The van der Waals surface area contributed by atoms with E-state index in [2.05, 4.69) is 65.8 Å². The highest BCUT2D eigenvalue weighted by Crippen LogP contribution is 2.45. The molecule has 2 rings (SSSR count). The van der Waals surface area contributed by atoms with Crippen molar-refractivity contribution in [3.63, 3.8) is 0 Å². The lowest BCUT2D eigenvalue weighted by Crippen LogP contribution is -2.49. The van der Waals surface area contributed by atoms with Crippen LogP contribution in [0.3, 0.4) is 0 Å². The van der Waals surface area contributed by atoms with Crippen LogP contribution >= 0.6 is 0 Å². The van der Waals surface area contributed by atoms with E-state index >= 15 is 0 Å². The van der Waals surface area contributed by atoms with Crippen LogP contribution in [0.4, 0.5) is 0 Å². The van der Waals surface area contributed by atoms with Crippen molar-refractivity contribution >= 4 is 14.3 Å². The van der Waals surface area contributed by atoms with Crippen LogP contribution in [-0.2, 0) is 20.6 Å². The largest absolute Gasteiger partial charge is 0.481 e. The summed E-state index contributed by atoms with van der Waals surface area (Å²) in [7, 11) is -2.03. The first-order chi connectivity index (χ1) is 16.6. The number of hydrogen-bond donors (Lipinski definition) is 2. The van der Waals surface area contributed by atoms with Gasteiger partial charge >= 0.3 is 5.97 Å². The fourth-order valence-corrected chi connectivity index (χ4v) is 11.6. The van der Waals surface area contributed by atoms with Gasteiger partial charge in [-0.2, -0.15) is 0 Å². The molecule has 4 atom stereocenters. The van der Waals surface area contributed by atoms with E-state index in [0.29, 0.717) is 42.7 Å². The third kappa shape index (κ3) is 8.27. The predicted molar refractivity (Wildman–Crippen MR) is 145 cm³/mol. The third-order valence-corrected chi connectivity index (χ3v) is 14.0. The summed E-state index contributed by atoms with van der Waals surface area (Å²) in [6.07, 6.45) is 6.64. The Labute approximate surface area is 214 Å². The number of rotatable bonds is 15. The molecule has 198 valence electrons. The Hall–Kier alpha value is -1.47. The Morgan fingerprint density at radius 2 is 1.66 bits per heavy atom. The molecule has 0 amide bonds. The number of aliphatic hydroxyl groups excluding tert-OH is 1. The Kier molecular flexibility index (Phi) is 12.2. The Morgan fingerprint density at radius 1 is 1.03 bits per heavy atom. The number of aliphatic carboxylic acids is 1. The highest BCUT2D eigenvalue weighted by Gasteiger charge is 2.48. The molecule has 6 heteroatoms. The van der Waals surface area contributed by atoms with Crippen LogP contribution in [0.1, 0.15) is 79.2 Å². The third-order valence-electron chi connectivity index (χ3n) is 7.87. The molecule has 1 saturated carbocycles. The average Bonchev–Trinajstić information content (AvgIpc) is 3.09. The summed E-state index contributed by atoms with van der Waals surface area (Å²) in [6.45, 7) is 15.0. The standard InChI is InChI=1S/C29H48O5Si/c1-21(2)35(22(3)4,23(5)6)34-20-26-25(16-12-7-8-13-17-29(31)32)27(30)18-28(26)33-19-24-14-10-9-11-15-24/h7,9-12,14-15,21-23,25-28,30H,8,13,16-20H2,1-6H3,(H,31,32)/t25-,26-,27+,28-/m1/s1. The first-order valence-corrected chi connectivity index (χ1v) is 15.6. The lowest BCUT2D eigenvalue weighted by molar-refractivity contribution is -0.137. The van der Waals surface area contributed by atoms with Gasteiger partial charge in [-0.05, 0) is 47.4 Å². The zero-order valence-corrected chi connectivity index (χ0v) is 23.7. The quantitative estimate of drug-likeness (QED) is 0.153. The molecule has 1 fully saturated rings. The summed E-state index contributed by atoms with van der Waals surface area (Å²) < 4.78 is 13.4. The number of hydrogen-bond acceptors (Lipinski definition) is 4. The van der Waals surface area contributed by atoms with Crippen molar-refractivity contribution in [1.82, 2.24) is 0 Å². The number of carbonyl (C=O) groups is 1. The van der Waals surface area contributed by atoms with Crippen molar-refractivity contribution in [2.24, 2.45) is 11.8 Å². The molecular formula is C29H48O5Si. The van der Waals surface area contributed by atoms with Gasteiger partial charge in [0, 0.05) is 25.4 Å². The minimum absolute atomic E-state index is 0.0474. The second kappa shape index (κ2) is 14.3. The summed E-state index contributed by atoms with van der Waals surface area (Å²) >= 11 is 0. The molecule has 35 heavy (non-hydrogen) atoms. The molecule has 2 N–H and O–H groups in total. The Morgan fingerprint density at radius 3 is 2.23 bits per heavy atom. The molecule has 1 aliphatic rings. The molecule has 0 spiro atoms. The molecule has 1 aromatic rings. The second-order valence-electron chi connectivity index (χ2n) is 11.1. The SMILES string of the molecule is CC(C)[Si](OC[C@@H]1[C@@H](CC=CCCCC(=O)O)[C@@H](O)C[C@H]1OCc1ccccc1)(C(C)C)C(C)C. The van der Waals surface area contributed by atoms with E-state index in [4.69, 9.17) is 14.3 Å². The van der Waals surface area contributed by atoms with Gasteiger partial charge in [-0.3, -0.25) is 4.79 Å². The van der Waals surface area contributed by atoms with Crippen molar-refractivity contribution in [1.29, 1.82) is 0 Å². The Bertz CT molecular complexity index is 755. The van der Waals surface area contributed by atoms with Crippen LogP contribution in [0.5, 0.6) is 0 Å². The van der Waals surface area contributed by atoms with Gasteiger partial charge in [0.15, 0.2) is 8.32 Å². The number of carboxylic acid groups (broad SMARTS) is 1. The van der Waals surface area contributed by atoms with Crippen LogP contribution in [0.2, 0.25) is 16.6 Å². The number of ether oxygens (including phenoxy) is 1. The van der Waals surface area contributed by atoms with Gasteiger partial charge in [-0.1, -0.05) is 84.0 Å². The van der Waals surface area contributed by atoms with E-state index in [1.807, 2.05) is 18.2 Å². The minimum atomic E-state index is -2.03. The molecule has 1 aliphatic carbocycles. The predicted octanol–water partition coefficient (Wildman–Crippen LogP) is 6.96. The molecule has 0 aromatic heterocycles. The van der Waals surface area contributed by atoms with Gasteiger partial charge in [-0.15, -0.1) is 0 Å². The van der Waals surface area contributed by atoms with Gasteiger partial charge in [0.2, 0.25) is 0 Å². The highest BCUT2D eigenvalue weighted by molar-refractivity contribution is 6.77. The fourth-order valence-electron chi connectivity index (χ4n) is 6.16. The van der Waals surface area contributed by atoms with E-state index < -0.39 is 20.4 Å². The normalized spacial score (nSPS) is 23.3. The molecule has 0 heterocycles. The van der Waals surface area contributed by atoms with E-state index in [1.54, 1.807) is 0 Å². The smallest absolute Gasteiger partial charge is 0.303 e. The van der Waals surface area contributed by atoms with Gasteiger partial charge in [0.1, 0.15) is 0 Å². The second-order valence-corrected chi connectivity index (χ2v) is 16.5. The summed E-state index contributed by atoms with van der Waals surface area (Å²) in [5, 5.41) is 19.9. The monoisotopic (exact) mass is 504 g/mol. The molecule has 0 unspecified atom stereocenters. The van der Waals surface area contributed by atoms with Gasteiger partial charge in [-0.25, -0.2) is 0 Å². The molecule has 0 bridgehead atoms. The van der Waals surface area contributed by atoms with Crippen LogP contribution < -0.4 is 0 Å². The molecule has 0 saturated heterocycles. The van der Waals surface area contributed by atoms with E-state index in [-0.39, 0.29) is 24.4 Å². The first kappa shape index (κ1) is 29.8.